The van der Waals surface area contributed by atoms with E-state index in [4.69, 9.17) is 0 Å². The fourth-order valence-corrected chi connectivity index (χ4v) is 2.43. The zero-order valence-electron chi connectivity index (χ0n) is 14.8. The van der Waals surface area contributed by atoms with Gasteiger partial charge >= 0.3 is 24.6 Å². The van der Waals surface area contributed by atoms with Crippen molar-refractivity contribution in [2.75, 3.05) is 11.9 Å². The van der Waals surface area contributed by atoms with Crippen LogP contribution in [0.2, 0.25) is 0 Å². The van der Waals surface area contributed by atoms with E-state index in [1.807, 2.05) is 5.32 Å². The minimum Gasteiger partial charge on any atom is -0.338 e. The van der Waals surface area contributed by atoms with Crippen LogP contribution in [0.4, 0.5) is 50.0 Å². The largest absolute Gasteiger partial charge is 0.416 e. The van der Waals surface area contributed by atoms with Gasteiger partial charge in [-0.2, -0.15) is 39.5 Å². The van der Waals surface area contributed by atoms with Gasteiger partial charge in [0.15, 0.2) is 0 Å². The van der Waals surface area contributed by atoms with Gasteiger partial charge in [-0.05, 0) is 36.2 Å². The molecular formula is C18H13F9N2O. The Labute approximate surface area is 163 Å². The summed E-state index contributed by atoms with van der Waals surface area (Å²) in [4.78, 5) is 11.8. The fraction of sp³-hybridized carbons (Fsp3) is 0.278. The van der Waals surface area contributed by atoms with Gasteiger partial charge in [-0.25, -0.2) is 4.79 Å². The number of nitrogens with one attached hydrogen (secondary N) is 2. The highest BCUT2D eigenvalue weighted by Gasteiger charge is 2.37. The van der Waals surface area contributed by atoms with Crippen LogP contribution < -0.4 is 10.6 Å². The smallest absolute Gasteiger partial charge is 0.338 e. The van der Waals surface area contributed by atoms with Crippen molar-refractivity contribution < 1.29 is 44.3 Å². The van der Waals surface area contributed by atoms with Gasteiger partial charge in [-0.1, -0.05) is 18.2 Å². The minimum absolute atomic E-state index is 0.0479. The third kappa shape index (κ3) is 6.56. The zero-order chi connectivity index (χ0) is 22.7. The standard InChI is InChI=1S/C18H13F9N2O/c19-16(20,21)11-3-1-2-10(6-11)4-5-28-15(30)29-14-8-12(17(22,23)24)7-13(9-14)18(25,26)27/h1-3,6-9H,4-5H2,(H2,28,29,30). The highest BCUT2D eigenvalue weighted by atomic mass is 19.4. The first-order valence-corrected chi connectivity index (χ1v) is 8.17. The second-order valence-corrected chi connectivity index (χ2v) is 6.12. The van der Waals surface area contributed by atoms with Crippen molar-refractivity contribution in [3.05, 3.63) is 64.7 Å². The van der Waals surface area contributed by atoms with Crippen molar-refractivity contribution in [1.29, 1.82) is 0 Å². The molecule has 0 bridgehead atoms. The lowest BCUT2D eigenvalue weighted by atomic mass is 10.1. The van der Waals surface area contributed by atoms with Crippen molar-refractivity contribution in [2.45, 2.75) is 24.9 Å². The van der Waals surface area contributed by atoms with Crippen LogP contribution >= 0.6 is 0 Å². The van der Waals surface area contributed by atoms with E-state index in [0.717, 1.165) is 12.1 Å². The molecule has 164 valence electrons. The zero-order valence-corrected chi connectivity index (χ0v) is 14.8. The Morgan fingerprint density at radius 3 is 1.77 bits per heavy atom. The number of alkyl halides is 9. The lowest BCUT2D eigenvalue weighted by molar-refractivity contribution is -0.143. The number of rotatable bonds is 4. The number of amides is 2. The van der Waals surface area contributed by atoms with Gasteiger partial charge in [-0.3, -0.25) is 0 Å². The molecule has 0 saturated carbocycles. The Balaban J connectivity index is 2.04. The molecule has 30 heavy (non-hydrogen) atoms. The normalized spacial score (nSPS) is 12.6. The molecule has 2 rings (SSSR count). The first kappa shape index (κ1) is 23.4. The maximum Gasteiger partial charge on any atom is 0.416 e. The molecule has 0 fully saturated rings. The monoisotopic (exact) mass is 444 g/mol. The van der Waals surface area contributed by atoms with Gasteiger partial charge in [0.2, 0.25) is 0 Å². The molecule has 0 aliphatic carbocycles. The number of benzene rings is 2. The third-order valence-corrected chi connectivity index (χ3v) is 3.80. The van der Waals surface area contributed by atoms with Gasteiger partial charge in [0.25, 0.3) is 0 Å². The van der Waals surface area contributed by atoms with Gasteiger partial charge in [0.1, 0.15) is 0 Å². The van der Waals surface area contributed by atoms with Crippen LogP contribution in [-0.2, 0) is 24.9 Å². The molecule has 2 aromatic carbocycles. The molecule has 2 aromatic rings. The molecule has 0 unspecified atom stereocenters. The first-order chi connectivity index (χ1) is 13.7. The summed E-state index contributed by atoms with van der Waals surface area (Å²) < 4.78 is 115. The summed E-state index contributed by atoms with van der Waals surface area (Å²) in [6.07, 6.45) is -14.7. The number of carbonyl (C=O) groups excluding carboxylic acids is 1. The number of hydrogen-bond acceptors (Lipinski definition) is 1. The van der Waals surface area contributed by atoms with E-state index in [2.05, 4.69) is 5.32 Å². The lowest BCUT2D eigenvalue weighted by Gasteiger charge is -2.15. The van der Waals surface area contributed by atoms with Crippen LogP contribution in [0.15, 0.2) is 42.5 Å². The van der Waals surface area contributed by atoms with E-state index in [0.29, 0.717) is 12.1 Å². The van der Waals surface area contributed by atoms with Crippen LogP contribution in [0.3, 0.4) is 0 Å². The Kier molecular flexibility index (Phi) is 6.57. The van der Waals surface area contributed by atoms with Crippen LogP contribution in [0.25, 0.3) is 0 Å². The molecule has 0 saturated heterocycles. The molecule has 0 radical (unpaired) electrons. The summed E-state index contributed by atoms with van der Waals surface area (Å²) in [5.74, 6) is 0. The Bertz CT molecular complexity index is 870. The number of hydrogen-bond donors (Lipinski definition) is 2. The SMILES string of the molecule is O=C(NCCc1cccc(C(F)(F)F)c1)Nc1cc(C(F)(F)F)cc(C(F)(F)F)c1. The summed E-state index contributed by atoms with van der Waals surface area (Å²) in [6.45, 7) is -0.210. The molecule has 2 N–H and O–H groups in total. The maximum absolute atomic E-state index is 12.8. The van der Waals surface area contributed by atoms with E-state index in [1.54, 1.807) is 0 Å². The van der Waals surface area contributed by atoms with Crippen molar-refractivity contribution in [1.82, 2.24) is 5.32 Å². The number of urea groups is 1. The van der Waals surface area contributed by atoms with E-state index in [-0.39, 0.29) is 24.6 Å². The molecular weight excluding hydrogens is 431 g/mol. The van der Waals surface area contributed by atoms with Gasteiger partial charge in [0, 0.05) is 12.2 Å². The number of halogens is 9. The van der Waals surface area contributed by atoms with Crippen molar-refractivity contribution in [2.24, 2.45) is 0 Å². The second kappa shape index (κ2) is 8.44. The maximum atomic E-state index is 12.8. The molecule has 0 aliphatic heterocycles. The van der Waals surface area contributed by atoms with Crippen molar-refractivity contribution in [3.8, 4) is 0 Å². The Hall–Kier alpha value is -2.92. The number of carbonyl (C=O) groups is 1. The van der Waals surface area contributed by atoms with E-state index in [9.17, 15) is 44.3 Å². The summed E-state index contributed by atoms with van der Waals surface area (Å²) in [7, 11) is 0. The van der Waals surface area contributed by atoms with Crippen molar-refractivity contribution in [3.63, 3.8) is 0 Å². The topological polar surface area (TPSA) is 41.1 Å². The molecule has 0 heterocycles. The summed E-state index contributed by atoms with van der Waals surface area (Å²) in [5.41, 5.74) is -4.61. The van der Waals surface area contributed by atoms with E-state index < -0.39 is 46.9 Å². The van der Waals surface area contributed by atoms with Crippen LogP contribution in [0.1, 0.15) is 22.3 Å². The third-order valence-electron chi connectivity index (χ3n) is 3.80. The fourth-order valence-electron chi connectivity index (χ4n) is 2.43. The first-order valence-electron chi connectivity index (χ1n) is 8.17. The molecule has 0 aliphatic rings. The highest BCUT2D eigenvalue weighted by Crippen LogP contribution is 2.37. The second-order valence-electron chi connectivity index (χ2n) is 6.12. The lowest BCUT2D eigenvalue weighted by Crippen LogP contribution is -2.30. The van der Waals surface area contributed by atoms with Gasteiger partial charge in [0.05, 0.1) is 16.7 Å². The van der Waals surface area contributed by atoms with Crippen LogP contribution in [0.5, 0.6) is 0 Å². The molecule has 12 heteroatoms. The summed E-state index contributed by atoms with van der Waals surface area (Å²) >= 11 is 0. The predicted octanol–water partition coefficient (Wildman–Crippen LogP) is 6.11. The Morgan fingerprint density at radius 2 is 1.27 bits per heavy atom. The quantitative estimate of drug-likeness (QED) is 0.550. The van der Waals surface area contributed by atoms with E-state index in [1.165, 1.54) is 12.1 Å². The molecule has 2 amide bonds. The summed E-state index contributed by atoms with van der Waals surface area (Å²) in [6, 6.07) is 3.73. The predicted molar refractivity (Wildman–Crippen MR) is 88.6 cm³/mol. The molecule has 0 atom stereocenters. The van der Waals surface area contributed by atoms with Gasteiger partial charge < -0.3 is 10.6 Å². The van der Waals surface area contributed by atoms with Crippen LogP contribution in [-0.4, -0.2) is 12.6 Å². The molecule has 3 nitrogen and oxygen atoms in total. The van der Waals surface area contributed by atoms with Crippen LogP contribution in [0, 0.1) is 0 Å². The number of anilines is 1. The molecule has 0 aromatic heterocycles. The highest BCUT2D eigenvalue weighted by molar-refractivity contribution is 5.89. The Morgan fingerprint density at radius 1 is 0.733 bits per heavy atom. The van der Waals surface area contributed by atoms with Crippen molar-refractivity contribution >= 4 is 11.7 Å². The average Bonchev–Trinajstić information content (AvgIpc) is 2.59. The minimum atomic E-state index is -5.07. The summed E-state index contributed by atoms with van der Waals surface area (Å²) in [5, 5.41) is 4.02. The average molecular weight is 444 g/mol. The molecule has 0 spiro atoms. The van der Waals surface area contributed by atoms with Gasteiger partial charge in [-0.15, -0.1) is 0 Å². The van der Waals surface area contributed by atoms with E-state index >= 15 is 0 Å².